The molecule has 0 aliphatic rings. The summed E-state index contributed by atoms with van der Waals surface area (Å²) in [6.45, 7) is 1.51. The SMILES string of the molecule is Cc1ccc(S(=O)(=O)N(C)CC(=O)N/N=C\c2ccccc2Cl)cc1. The Morgan fingerprint density at radius 3 is 2.48 bits per heavy atom. The third kappa shape index (κ3) is 5.12. The predicted octanol–water partition coefficient (Wildman–Crippen LogP) is 2.42. The van der Waals surface area contributed by atoms with Crippen LogP contribution in [0.4, 0.5) is 0 Å². The van der Waals surface area contributed by atoms with Gasteiger partial charge >= 0.3 is 0 Å². The van der Waals surface area contributed by atoms with Crippen LogP contribution < -0.4 is 5.43 Å². The first kappa shape index (κ1) is 19.1. The summed E-state index contributed by atoms with van der Waals surface area (Å²) in [7, 11) is -2.40. The molecule has 0 atom stereocenters. The minimum Gasteiger partial charge on any atom is -0.272 e. The van der Waals surface area contributed by atoms with Crippen LogP contribution in [0.5, 0.6) is 0 Å². The van der Waals surface area contributed by atoms with E-state index in [9.17, 15) is 13.2 Å². The minimum absolute atomic E-state index is 0.132. The molecule has 0 spiro atoms. The molecule has 0 saturated carbocycles. The van der Waals surface area contributed by atoms with Crippen LogP contribution in [-0.2, 0) is 14.8 Å². The summed E-state index contributed by atoms with van der Waals surface area (Å²) in [6.07, 6.45) is 1.40. The molecular weight excluding hydrogens is 362 g/mol. The van der Waals surface area contributed by atoms with Crippen molar-refractivity contribution in [3.63, 3.8) is 0 Å². The quantitative estimate of drug-likeness (QED) is 0.618. The van der Waals surface area contributed by atoms with E-state index in [4.69, 9.17) is 11.6 Å². The molecule has 0 aliphatic carbocycles. The van der Waals surface area contributed by atoms with Crippen molar-refractivity contribution < 1.29 is 13.2 Å². The van der Waals surface area contributed by atoms with Crippen molar-refractivity contribution in [1.29, 1.82) is 0 Å². The fourth-order valence-corrected chi connectivity index (χ4v) is 3.28. The predicted molar refractivity (Wildman–Crippen MR) is 98.2 cm³/mol. The molecule has 2 rings (SSSR count). The zero-order valence-electron chi connectivity index (χ0n) is 13.8. The average Bonchev–Trinajstić information content (AvgIpc) is 2.57. The van der Waals surface area contributed by atoms with E-state index in [0.717, 1.165) is 9.87 Å². The number of halogens is 1. The Balaban J connectivity index is 1.97. The summed E-state index contributed by atoms with van der Waals surface area (Å²) in [5, 5.41) is 4.29. The Bertz CT molecular complexity index is 880. The Labute approximate surface area is 152 Å². The number of hydrazone groups is 1. The van der Waals surface area contributed by atoms with E-state index in [0.29, 0.717) is 10.6 Å². The lowest BCUT2D eigenvalue weighted by Gasteiger charge is -2.16. The summed E-state index contributed by atoms with van der Waals surface area (Å²) in [5.74, 6) is -0.554. The van der Waals surface area contributed by atoms with Gasteiger partial charge in [0.1, 0.15) is 0 Å². The number of hydrogen-bond donors (Lipinski definition) is 1. The first-order valence-electron chi connectivity index (χ1n) is 7.40. The lowest BCUT2D eigenvalue weighted by Crippen LogP contribution is -2.36. The van der Waals surface area contributed by atoms with E-state index >= 15 is 0 Å². The van der Waals surface area contributed by atoms with Crippen LogP contribution in [0, 0.1) is 6.92 Å². The second-order valence-corrected chi connectivity index (χ2v) is 7.84. The fourth-order valence-electron chi connectivity index (χ4n) is 1.97. The Hall–Kier alpha value is -2.22. The van der Waals surface area contributed by atoms with Gasteiger partial charge in [-0.2, -0.15) is 9.41 Å². The molecule has 0 unspecified atom stereocenters. The standard InChI is InChI=1S/C17H18ClN3O3S/c1-13-7-9-15(10-8-13)25(23,24)21(2)12-17(22)20-19-11-14-5-3-4-6-16(14)18/h3-11H,12H2,1-2H3,(H,20,22)/b19-11-. The molecule has 0 aliphatic heterocycles. The maximum absolute atomic E-state index is 12.4. The summed E-state index contributed by atoms with van der Waals surface area (Å²) in [4.78, 5) is 12.0. The van der Waals surface area contributed by atoms with Gasteiger partial charge in [0.25, 0.3) is 5.91 Å². The summed E-state index contributed by atoms with van der Waals surface area (Å²) in [6, 6.07) is 13.4. The van der Waals surface area contributed by atoms with Gasteiger partial charge in [0, 0.05) is 17.6 Å². The molecule has 0 saturated heterocycles. The zero-order chi connectivity index (χ0) is 18.4. The van der Waals surface area contributed by atoms with Gasteiger partial charge in [-0.15, -0.1) is 0 Å². The molecule has 1 N–H and O–H groups in total. The van der Waals surface area contributed by atoms with Crippen LogP contribution in [0.3, 0.4) is 0 Å². The lowest BCUT2D eigenvalue weighted by atomic mass is 10.2. The molecule has 1 amide bonds. The Morgan fingerprint density at radius 2 is 1.84 bits per heavy atom. The van der Waals surface area contributed by atoms with Gasteiger partial charge < -0.3 is 0 Å². The number of hydrogen-bond acceptors (Lipinski definition) is 4. The molecule has 25 heavy (non-hydrogen) atoms. The smallest absolute Gasteiger partial charge is 0.255 e. The number of carbonyl (C=O) groups is 1. The van der Waals surface area contributed by atoms with Gasteiger partial charge in [-0.1, -0.05) is 47.5 Å². The van der Waals surface area contributed by atoms with E-state index in [1.54, 1.807) is 36.4 Å². The van der Waals surface area contributed by atoms with E-state index in [1.807, 2.05) is 6.92 Å². The molecule has 0 heterocycles. The first-order valence-corrected chi connectivity index (χ1v) is 9.22. The highest BCUT2D eigenvalue weighted by Gasteiger charge is 2.22. The van der Waals surface area contributed by atoms with Crippen molar-refractivity contribution in [2.24, 2.45) is 5.10 Å². The number of rotatable bonds is 6. The molecule has 6 nitrogen and oxygen atoms in total. The highest BCUT2D eigenvalue weighted by molar-refractivity contribution is 7.89. The van der Waals surface area contributed by atoms with E-state index < -0.39 is 15.9 Å². The zero-order valence-corrected chi connectivity index (χ0v) is 15.4. The van der Waals surface area contributed by atoms with Crippen molar-refractivity contribution in [2.45, 2.75) is 11.8 Å². The van der Waals surface area contributed by atoms with Crippen molar-refractivity contribution in [2.75, 3.05) is 13.6 Å². The molecular formula is C17H18ClN3O3S. The normalized spacial score (nSPS) is 11.8. The maximum Gasteiger partial charge on any atom is 0.255 e. The third-order valence-electron chi connectivity index (χ3n) is 3.39. The highest BCUT2D eigenvalue weighted by atomic mass is 35.5. The van der Waals surface area contributed by atoms with Crippen LogP contribution >= 0.6 is 11.6 Å². The molecule has 132 valence electrons. The lowest BCUT2D eigenvalue weighted by molar-refractivity contribution is -0.121. The average molecular weight is 380 g/mol. The van der Waals surface area contributed by atoms with Gasteiger partial charge in [0.15, 0.2) is 0 Å². The number of nitrogens with one attached hydrogen (secondary N) is 1. The van der Waals surface area contributed by atoms with Gasteiger partial charge in [-0.25, -0.2) is 13.8 Å². The van der Waals surface area contributed by atoms with Gasteiger partial charge in [-0.05, 0) is 25.1 Å². The maximum atomic E-state index is 12.4. The van der Waals surface area contributed by atoms with E-state index in [1.165, 1.54) is 25.4 Å². The Kier molecular flexibility index (Phi) is 6.30. The number of amides is 1. The van der Waals surface area contributed by atoms with Crippen molar-refractivity contribution in [3.8, 4) is 0 Å². The number of nitrogens with zero attached hydrogens (tertiary/aromatic N) is 2. The molecule has 0 bridgehead atoms. The number of sulfonamides is 1. The summed E-state index contributed by atoms with van der Waals surface area (Å²) >= 11 is 5.97. The van der Waals surface area contributed by atoms with Crippen LogP contribution in [0.15, 0.2) is 58.5 Å². The van der Waals surface area contributed by atoms with Gasteiger partial charge in [0.05, 0.1) is 17.7 Å². The van der Waals surface area contributed by atoms with Crippen LogP contribution in [-0.4, -0.2) is 38.4 Å². The highest BCUT2D eigenvalue weighted by Crippen LogP contribution is 2.15. The van der Waals surface area contributed by atoms with Crippen LogP contribution in [0.1, 0.15) is 11.1 Å². The van der Waals surface area contributed by atoms with Crippen LogP contribution in [0.2, 0.25) is 5.02 Å². The number of benzene rings is 2. The van der Waals surface area contributed by atoms with E-state index in [2.05, 4.69) is 10.5 Å². The van der Waals surface area contributed by atoms with Crippen molar-refractivity contribution in [1.82, 2.24) is 9.73 Å². The number of likely N-dealkylation sites (N-methyl/N-ethyl adjacent to an activating group) is 1. The minimum atomic E-state index is -3.74. The summed E-state index contributed by atoms with van der Waals surface area (Å²) < 4.78 is 25.8. The van der Waals surface area contributed by atoms with E-state index in [-0.39, 0.29) is 11.4 Å². The molecule has 2 aromatic carbocycles. The third-order valence-corrected chi connectivity index (χ3v) is 5.56. The van der Waals surface area contributed by atoms with Crippen LogP contribution in [0.25, 0.3) is 0 Å². The second-order valence-electron chi connectivity index (χ2n) is 5.39. The number of carbonyl (C=O) groups excluding carboxylic acids is 1. The second kappa shape index (κ2) is 8.24. The van der Waals surface area contributed by atoms with Gasteiger partial charge in [0.2, 0.25) is 10.0 Å². The first-order chi connectivity index (χ1) is 11.8. The fraction of sp³-hybridized carbons (Fsp3) is 0.176. The Morgan fingerprint density at radius 1 is 1.20 bits per heavy atom. The molecule has 8 heteroatoms. The van der Waals surface area contributed by atoms with Gasteiger partial charge in [-0.3, -0.25) is 4.79 Å². The largest absolute Gasteiger partial charge is 0.272 e. The molecule has 0 radical (unpaired) electrons. The molecule has 0 aromatic heterocycles. The monoisotopic (exact) mass is 379 g/mol. The summed E-state index contributed by atoms with van der Waals surface area (Å²) in [5.41, 5.74) is 3.88. The molecule has 0 fully saturated rings. The number of aryl methyl sites for hydroxylation is 1. The van der Waals surface area contributed by atoms with Crippen molar-refractivity contribution >= 4 is 33.7 Å². The molecule has 2 aromatic rings. The topological polar surface area (TPSA) is 78.8 Å². The van der Waals surface area contributed by atoms with Crippen molar-refractivity contribution in [3.05, 3.63) is 64.7 Å².